The predicted octanol–water partition coefficient (Wildman–Crippen LogP) is 3.25. The minimum Gasteiger partial charge on any atom is -0.311 e. The van der Waals surface area contributed by atoms with E-state index in [-0.39, 0.29) is 0 Å². The number of nitrogens with one attached hydrogen (secondary N) is 1. The predicted molar refractivity (Wildman–Crippen MR) is 89.7 cm³/mol. The molecule has 1 saturated heterocycles. The minimum absolute atomic E-state index is 0.677. The van der Waals surface area contributed by atoms with E-state index in [1.165, 1.54) is 38.8 Å². The molecule has 1 aliphatic carbocycles. The van der Waals surface area contributed by atoms with Crippen LogP contribution >= 0.6 is 0 Å². The molecule has 2 unspecified atom stereocenters. The molecule has 1 N–H and O–H groups in total. The zero-order chi connectivity index (χ0) is 14.8. The minimum atomic E-state index is 0.677. The van der Waals surface area contributed by atoms with Crippen molar-refractivity contribution in [3.8, 4) is 0 Å². The van der Waals surface area contributed by atoms with Gasteiger partial charge in [0, 0.05) is 31.2 Å². The molecule has 0 saturated carbocycles. The van der Waals surface area contributed by atoms with Crippen molar-refractivity contribution in [1.29, 1.82) is 0 Å². The van der Waals surface area contributed by atoms with Gasteiger partial charge in [-0.1, -0.05) is 45.0 Å². The first-order chi connectivity index (χ1) is 10.2. The molecule has 0 aromatic heterocycles. The van der Waals surface area contributed by atoms with Crippen LogP contribution in [-0.4, -0.2) is 36.1 Å². The quantitative estimate of drug-likeness (QED) is 0.914. The second-order valence-electron chi connectivity index (χ2n) is 7.32. The van der Waals surface area contributed by atoms with Gasteiger partial charge in [-0.15, -0.1) is 0 Å². The first-order valence-corrected chi connectivity index (χ1v) is 8.73. The van der Waals surface area contributed by atoms with Gasteiger partial charge in [-0.05, 0) is 42.7 Å². The standard InChI is InChI=1S/C19H30N2/c1-4-18-12-20-17(9-14(2)3)13-21(18)19-10-15-7-5-6-8-16(15)11-19/h5-8,14,17-20H,4,9-13H2,1-3H3. The van der Waals surface area contributed by atoms with E-state index in [0.29, 0.717) is 12.1 Å². The molecular formula is C19H30N2. The van der Waals surface area contributed by atoms with Crippen LogP contribution in [0.1, 0.15) is 44.7 Å². The Morgan fingerprint density at radius 3 is 2.43 bits per heavy atom. The van der Waals surface area contributed by atoms with Crippen molar-refractivity contribution in [1.82, 2.24) is 10.2 Å². The Balaban J connectivity index is 1.70. The van der Waals surface area contributed by atoms with Gasteiger partial charge in [0.2, 0.25) is 0 Å². The molecule has 2 heteroatoms. The SMILES string of the molecule is CCC1CNC(CC(C)C)CN1C1Cc2ccccc2C1. The van der Waals surface area contributed by atoms with Crippen molar-refractivity contribution in [3.05, 3.63) is 35.4 Å². The van der Waals surface area contributed by atoms with Gasteiger partial charge in [0.1, 0.15) is 0 Å². The lowest BCUT2D eigenvalue weighted by Crippen LogP contribution is -2.59. The fourth-order valence-corrected chi connectivity index (χ4v) is 4.21. The summed E-state index contributed by atoms with van der Waals surface area (Å²) in [6.45, 7) is 9.41. The van der Waals surface area contributed by atoms with Crippen molar-refractivity contribution in [2.45, 2.75) is 64.6 Å². The van der Waals surface area contributed by atoms with E-state index in [1.54, 1.807) is 11.1 Å². The fraction of sp³-hybridized carbons (Fsp3) is 0.684. The number of benzene rings is 1. The van der Waals surface area contributed by atoms with Crippen LogP contribution in [0.15, 0.2) is 24.3 Å². The van der Waals surface area contributed by atoms with Crippen molar-refractivity contribution < 1.29 is 0 Å². The van der Waals surface area contributed by atoms with E-state index in [2.05, 4.69) is 55.3 Å². The zero-order valence-electron chi connectivity index (χ0n) is 13.8. The van der Waals surface area contributed by atoms with E-state index in [9.17, 15) is 0 Å². The van der Waals surface area contributed by atoms with E-state index < -0.39 is 0 Å². The maximum Gasteiger partial charge on any atom is 0.0221 e. The molecule has 1 aromatic carbocycles. The van der Waals surface area contributed by atoms with Crippen LogP contribution in [0.2, 0.25) is 0 Å². The number of rotatable bonds is 4. The monoisotopic (exact) mass is 286 g/mol. The Labute approximate surface area is 129 Å². The van der Waals surface area contributed by atoms with Crippen LogP contribution in [0.25, 0.3) is 0 Å². The third kappa shape index (κ3) is 3.32. The fourth-order valence-electron chi connectivity index (χ4n) is 4.21. The third-order valence-corrected chi connectivity index (χ3v) is 5.27. The van der Waals surface area contributed by atoms with Crippen LogP contribution in [0, 0.1) is 5.92 Å². The summed E-state index contributed by atoms with van der Waals surface area (Å²) in [4.78, 5) is 2.82. The number of nitrogens with zero attached hydrogens (tertiary/aromatic N) is 1. The number of hydrogen-bond acceptors (Lipinski definition) is 2. The number of piperazine rings is 1. The summed E-state index contributed by atoms with van der Waals surface area (Å²) in [5, 5.41) is 3.78. The first kappa shape index (κ1) is 15.1. The van der Waals surface area contributed by atoms with Gasteiger partial charge in [-0.2, -0.15) is 0 Å². The second-order valence-corrected chi connectivity index (χ2v) is 7.32. The topological polar surface area (TPSA) is 15.3 Å². The van der Waals surface area contributed by atoms with Gasteiger partial charge < -0.3 is 5.32 Å². The highest BCUT2D eigenvalue weighted by Gasteiger charge is 2.34. The summed E-state index contributed by atoms with van der Waals surface area (Å²) in [5.74, 6) is 0.781. The van der Waals surface area contributed by atoms with E-state index in [1.807, 2.05) is 0 Å². The average Bonchev–Trinajstić information content (AvgIpc) is 2.90. The van der Waals surface area contributed by atoms with Crippen LogP contribution in [0.3, 0.4) is 0 Å². The molecule has 0 amide bonds. The van der Waals surface area contributed by atoms with E-state index in [4.69, 9.17) is 0 Å². The molecule has 116 valence electrons. The molecule has 3 rings (SSSR count). The number of fused-ring (bicyclic) bond motifs is 1. The van der Waals surface area contributed by atoms with E-state index in [0.717, 1.165) is 12.0 Å². The van der Waals surface area contributed by atoms with Gasteiger partial charge in [0.05, 0.1) is 0 Å². The lowest BCUT2D eigenvalue weighted by molar-refractivity contribution is 0.0770. The molecule has 1 aliphatic heterocycles. The van der Waals surface area contributed by atoms with Crippen molar-refractivity contribution in [3.63, 3.8) is 0 Å². The normalized spacial score (nSPS) is 27.2. The largest absolute Gasteiger partial charge is 0.311 e. The van der Waals surface area contributed by atoms with Crippen molar-refractivity contribution in [2.75, 3.05) is 13.1 Å². The lowest BCUT2D eigenvalue weighted by atomic mass is 9.96. The zero-order valence-corrected chi connectivity index (χ0v) is 13.8. The highest BCUT2D eigenvalue weighted by molar-refractivity contribution is 5.33. The van der Waals surface area contributed by atoms with Gasteiger partial charge in [-0.25, -0.2) is 0 Å². The number of hydrogen-bond donors (Lipinski definition) is 1. The molecule has 0 bridgehead atoms. The summed E-state index contributed by atoms with van der Waals surface area (Å²) >= 11 is 0. The maximum absolute atomic E-state index is 3.78. The van der Waals surface area contributed by atoms with Crippen molar-refractivity contribution >= 4 is 0 Å². The molecule has 1 aromatic rings. The van der Waals surface area contributed by atoms with Gasteiger partial charge in [0.25, 0.3) is 0 Å². The first-order valence-electron chi connectivity index (χ1n) is 8.73. The van der Waals surface area contributed by atoms with Gasteiger partial charge >= 0.3 is 0 Å². The Kier molecular flexibility index (Phi) is 4.66. The summed E-state index contributed by atoms with van der Waals surface area (Å²) in [7, 11) is 0. The third-order valence-electron chi connectivity index (χ3n) is 5.27. The lowest BCUT2D eigenvalue weighted by Gasteiger charge is -2.44. The maximum atomic E-state index is 3.78. The average molecular weight is 286 g/mol. The Morgan fingerprint density at radius 2 is 1.86 bits per heavy atom. The molecule has 0 spiro atoms. The van der Waals surface area contributed by atoms with Gasteiger partial charge in [-0.3, -0.25) is 4.90 Å². The molecular weight excluding hydrogens is 256 g/mol. The molecule has 2 aliphatic rings. The Morgan fingerprint density at radius 1 is 1.19 bits per heavy atom. The molecule has 1 fully saturated rings. The van der Waals surface area contributed by atoms with Crippen LogP contribution in [0.5, 0.6) is 0 Å². The molecule has 1 heterocycles. The van der Waals surface area contributed by atoms with Crippen LogP contribution in [0.4, 0.5) is 0 Å². The van der Waals surface area contributed by atoms with Crippen molar-refractivity contribution in [2.24, 2.45) is 5.92 Å². The van der Waals surface area contributed by atoms with E-state index >= 15 is 0 Å². The second kappa shape index (κ2) is 6.50. The smallest absolute Gasteiger partial charge is 0.0221 e. The summed E-state index contributed by atoms with van der Waals surface area (Å²) in [6, 6.07) is 11.2. The summed E-state index contributed by atoms with van der Waals surface area (Å²) in [5.41, 5.74) is 3.16. The molecule has 2 atom stereocenters. The van der Waals surface area contributed by atoms with Crippen LogP contribution < -0.4 is 5.32 Å². The summed E-state index contributed by atoms with van der Waals surface area (Å²) in [6.07, 6.45) is 5.06. The Bertz CT molecular complexity index is 443. The molecule has 0 radical (unpaired) electrons. The summed E-state index contributed by atoms with van der Waals surface area (Å²) < 4.78 is 0. The highest BCUT2D eigenvalue weighted by atomic mass is 15.3. The Hall–Kier alpha value is -0.860. The van der Waals surface area contributed by atoms with Gasteiger partial charge in [0.15, 0.2) is 0 Å². The molecule has 21 heavy (non-hydrogen) atoms. The van der Waals surface area contributed by atoms with Crippen LogP contribution in [-0.2, 0) is 12.8 Å². The molecule has 2 nitrogen and oxygen atoms in total. The highest BCUT2D eigenvalue weighted by Crippen LogP contribution is 2.29.